The molecule has 2 aromatic rings. The normalized spacial score (nSPS) is 11.2. The minimum absolute atomic E-state index is 0.0829. The zero-order valence-corrected chi connectivity index (χ0v) is 18.1. The van der Waals surface area contributed by atoms with Crippen molar-refractivity contribution < 1.29 is 37.0 Å². The Morgan fingerprint density at radius 2 is 1.88 bits per heavy atom. The summed E-state index contributed by atoms with van der Waals surface area (Å²) in [6.07, 6.45) is -3.89. The van der Waals surface area contributed by atoms with Gasteiger partial charge in [-0.15, -0.1) is 0 Å². The van der Waals surface area contributed by atoms with Crippen molar-refractivity contribution in [3.63, 3.8) is 0 Å². The van der Waals surface area contributed by atoms with Crippen LogP contribution < -0.4 is 15.5 Å². The second kappa shape index (κ2) is 11.3. The molecular weight excluding hydrogens is 499 g/mol. The van der Waals surface area contributed by atoms with E-state index >= 15 is 0 Å². The first-order valence-corrected chi connectivity index (χ1v) is 9.66. The van der Waals surface area contributed by atoms with Gasteiger partial charge < -0.3 is 14.8 Å². The van der Waals surface area contributed by atoms with Gasteiger partial charge in [-0.2, -0.15) is 18.3 Å². The maximum atomic E-state index is 12.7. The number of carbonyl (C=O) groups is 3. The van der Waals surface area contributed by atoms with E-state index < -0.39 is 35.9 Å². The van der Waals surface area contributed by atoms with Crippen molar-refractivity contribution in [3.8, 4) is 5.75 Å². The van der Waals surface area contributed by atoms with Crippen molar-refractivity contribution in [2.24, 2.45) is 5.10 Å². The van der Waals surface area contributed by atoms with Gasteiger partial charge in [0.2, 0.25) is 11.8 Å². The van der Waals surface area contributed by atoms with Crippen LogP contribution in [0.2, 0.25) is 0 Å². The number of alkyl halides is 3. The third-order valence-corrected chi connectivity index (χ3v) is 4.35. The van der Waals surface area contributed by atoms with Crippen molar-refractivity contribution in [1.29, 1.82) is 0 Å². The number of anilines is 1. The van der Waals surface area contributed by atoms with Gasteiger partial charge in [-0.3, -0.25) is 9.59 Å². The van der Waals surface area contributed by atoms with E-state index in [4.69, 9.17) is 4.74 Å². The first kappa shape index (κ1) is 24.9. The molecule has 8 nitrogen and oxygen atoms in total. The molecule has 2 rings (SSSR count). The standard InChI is InChI=1S/C20H17BrF3N3O5/c1-31-19(30)11-32-16-6-5-12(7-15(16)21)10-25-27-18(29)9-17(28)26-14-4-2-3-13(8-14)20(22,23)24/h2-8,10H,9,11H2,1H3,(H,26,28)(H,27,29). The monoisotopic (exact) mass is 515 g/mol. The van der Waals surface area contributed by atoms with Crippen LogP contribution in [0.1, 0.15) is 17.5 Å². The molecule has 2 N–H and O–H groups in total. The summed E-state index contributed by atoms with van der Waals surface area (Å²) in [5, 5.41) is 5.94. The number of nitrogens with one attached hydrogen (secondary N) is 2. The number of hydrazone groups is 1. The highest BCUT2D eigenvalue weighted by atomic mass is 79.9. The number of halogens is 4. The molecule has 0 aliphatic carbocycles. The lowest BCUT2D eigenvalue weighted by Crippen LogP contribution is -2.24. The lowest BCUT2D eigenvalue weighted by Gasteiger charge is -2.09. The molecule has 2 amide bonds. The average molecular weight is 516 g/mol. The van der Waals surface area contributed by atoms with Gasteiger partial charge in [0.25, 0.3) is 0 Å². The van der Waals surface area contributed by atoms with Gasteiger partial charge in [-0.05, 0) is 57.9 Å². The lowest BCUT2D eigenvalue weighted by molar-refractivity contribution is -0.143. The molecule has 0 atom stereocenters. The van der Waals surface area contributed by atoms with Crippen LogP contribution in [0.5, 0.6) is 5.75 Å². The lowest BCUT2D eigenvalue weighted by atomic mass is 10.2. The van der Waals surface area contributed by atoms with Gasteiger partial charge in [0.05, 0.1) is 23.4 Å². The highest BCUT2D eigenvalue weighted by Crippen LogP contribution is 2.30. The Morgan fingerprint density at radius 3 is 2.53 bits per heavy atom. The number of hydrogen-bond acceptors (Lipinski definition) is 6. The van der Waals surface area contributed by atoms with Crippen molar-refractivity contribution in [1.82, 2.24) is 5.43 Å². The highest BCUT2D eigenvalue weighted by Gasteiger charge is 2.30. The highest BCUT2D eigenvalue weighted by molar-refractivity contribution is 9.10. The summed E-state index contributed by atoms with van der Waals surface area (Å²) in [4.78, 5) is 34.8. The third kappa shape index (κ3) is 8.02. The van der Waals surface area contributed by atoms with Crippen molar-refractivity contribution in [2.45, 2.75) is 12.6 Å². The molecule has 0 saturated heterocycles. The van der Waals surface area contributed by atoms with E-state index in [1.165, 1.54) is 19.4 Å². The smallest absolute Gasteiger partial charge is 0.416 e. The Balaban J connectivity index is 1.85. The molecule has 0 spiro atoms. The molecule has 0 bridgehead atoms. The van der Waals surface area contributed by atoms with E-state index in [9.17, 15) is 27.6 Å². The number of amides is 2. The molecule has 32 heavy (non-hydrogen) atoms. The Hall–Kier alpha value is -3.41. The molecule has 0 aliphatic rings. The fraction of sp³-hybridized carbons (Fsp3) is 0.200. The summed E-state index contributed by atoms with van der Waals surface area (Å²) in [7, 11) is 1.24. The van der Waals surface area contributed by atoms with Crippen molar-refractivity contribution in [2.75, 3.05) is 19.0 Å². The quantitative estimate of drug-likeness (QED) is 0.242. The first-order chi connectivity index (χ1) is 15.1. The van der Waals surface area contributed by atoms with Gasteiger partial charge in [0, 0.05) is 5.69 Å². The van der Waals surface area contributed by atoms with Crippen LogP contribution in [-0.4, -0.2) is 37.7 Å². The van der Waals surface area contributed by atoms with Crippen LogP contribution in [0, 0.1) is 0 Å². The van der Waals surface area contributed by atoms with Gasteiger partial charge >= 0.3 is 12.1 Å². The van der Waals surface area contributed by atoms with Gasteiger partial charge in [-0.25, -0.2) is 10.2 Å². The summed E-state index contributed by atoms with van der Waals surface area (Å²) >= 11 is 3.27. The molecule has 170 valence electrons. The molecule has 0 fully saturated rings. The minimum Gasteiger partial charge on any atom is -0.481 e. The fourth-order valence-electron chi connectivity index (χ4n) is 2.25. The Morgan fingerprint density at radius 1 is 1.12 bits per heavy atom. The number of rotatable bonds is 8. The SMILES string of the molecule is COC(=O)COc1ccc(C=NNC(=O)CC(=O)Nc2cccc(C(F)(F)F)c2)cc1Br. The van der Waals surface area contributed by atoms with Crippen LogP contribution in [0.25, 0.3) is 0 Å². The molecule has 0 aromatic heterocycles. The summed E-state index contributed by atoms with van der Waals surface area (Å²) in [6.45, 7) is -0.263. The molecule has 2 aromatic carbocycles. The topological polar surface area (TPSA) is 106 Å². The molecule has 0 unspecified atom stereocenters. The number of esters is 1. The zero-order chi connectivity index (χ0) is 23.7. The Kier molecular flexibility index (Phi) is 8.76. The fourth-order valence-corrected chi connectivity index (χ4v) is 2.76. The van der Waals surface area contributed by atoms with Crippen molar-refractivity contribution in [3.05, 3.63) is 58.1 Å². The summed E-state index contributed by atoms with van der Waals surface area (Å²) in [5.74, 6) is -1.71. The average Bonchev–Trinajstić information content (AvgIpc) is 2.72. The number of methoxy groups -OCH3 is 1. The third-order valence-electron chi connectivity index (χ3n) is 3.73. The predicted molar refractivity (Wildman–Crippen MR) is 112 cm³/mol. The van der Waals surface area contributed by atoms with Crippen LogP contribution >= 0.6 is 15.9 Å². The predicted octanol–water partition coefficient (Wildman–Crippen LogP) is 3.50. The molecule has 0 radical (unpaired) electrons. The van der Waals surface area contributed by atoms with Crippen molar-refractivity contribution >= 4 is 45.6 Å². The summed E-state index contributed by atoms with van der Waals surface area (Å²) in [6, 6.07) is 8.85. The van der Waals surface area contributed by atoms with E-state index in [-0.39, 0.29) is 12.3 Å². The number of ether oxygens (including phenoxy) is 2. The largest absolute Gasteiger partial charge is 0.481 e. The van der Waals surface area contributed by atoms with Crippen LogP contribution in [0.3, 0.4) is 0 Å². The second-order valence-corrected chi connectivity index (χ2v) is 7.01. The number of carbonyl (C=O) groups excluding carboxylic acids is 3. The van der Waals surface area contributed by atoms with Gasteiger partial charge in [-0.1, -0.05) is 6.07 Å². The molecule has 0 saturated carbocycles. The molecule has 0 aliphatic heterocycles. The molecular formula is C20H17BrF3N3O5. The van der Waals surface area contributed by atoms with E-state index in [1.807, 2.05) is 0 Å². The minimum atomic E-state index is -4.55. The number of nitrogens with zero attached hydrogens (tertiary/aromatic N) is 1. The molecule has 12 heteroatoms. The van der Waals surface area contributed by atoms with Crippen LogP contribution in [0.15, 0.2) is 52.0 Å². The summed E-state index contributed by atoms with van der Waals surface area (Å²) in [5.41, 5.74) is 1.71. The van der Waals surface area contributed by atoms with E-state index in [0.717, 1.165) is 18.2 Å². The second-order valence-electron chi connectivity index (χ2n) is 6.15. The summed E-state index contributed by atoms with van der Waals surface area (Å²) < 4.78 is 48.4. The number of benzene rings is 2. The van der Waals surface area contributed by atoms with Crippen LogP contribution in [-0.2, 0) is 25.3 Å². The van der Waals surface area contributed by atoms with Gasteiger partial charge in [0.15, 0.2) is 6.61 Å². The molecule has 0 heterocycles. The maximum absolute atomic E-state index is 12.7. The number of hydrogen-bond donors (Lipinski definition) is 2. The Bertz CT molecular complexity index is 1030. The zero-order valence-electron chi connectivity index (χ0n) is 16.5. The first-order valence-electron chi connectivity index (χ1n) is 8.86. The Labute approximate surface area is 188 Å². The van der Waals surface area contributed by atoms with Gasteiger partial charge in [0.1, 0.15) is 12.2 Å². The van der Waals surface area contributed by atoms with Crippen LogP contribution in [0.4, 0.5) is 18.9 Å². The van der Waals surface area contributed by atoms with E-state index in [2.05, 4.69) is 36.5 Å². The maximum Gasteiger partial charge on any atom is 0.416 e. The van der Waals surface area contributed by atoms with E-state index in [0.29, 0.717) is 15.8 Å². The van der Waals surface area contributed by atoms with E-state index in [1.54, 1.807) is 18.2 Å².